The number of benzene rings is 3. The quantitative estimate of drug-likeness (QED) is 0.273. The van der Waals surface area contributed by atoms with Crippen LogP contribution in [0.3, 0.4) is 0 Å². The summed E-state index contributed by atoms with van der Waals surface area (Å²) in [5.41, 5.74) is 3.81. The van der Waals surface area contributed by atoms with Crippen LogP contribution in [0.2, 0.25) is 5.02 Å². The molecule has 0 aliphatic carbocycles. The van der Waals surface area contributed by atoms with Gasteiger partial charge in [0.25, 0.3) is 11.8 Å². The molecule has 200 valence electrons. The van der Waals surface area contributed by atoms with E-state index in [9.17, 15) is 18.0 Å². The van der Waals surface area contributed by atoms with Crippen molar-refractivity contribution in [2.24, 2.45) is 5.10 Å². The van der Waals surface area contributed by atoms with E-state index < -0.39 is 22.0 Å². The molecule has 3 aromatic carbocycles. The maximum Gasteiger partial charge on any atom is 0.263 e. The van der Waals surface area contributed by atoms with E-state index >= 15 is 0 Å². The standard InChI is InChI=1S/C26H27ClN4O6S/c1-18(31(38(3,34)35)20-10-14-21(36-2)15-11-20)26(33)30-28-16-19-8-12-22(13-9-19)37-17-25(32)29-24-7-5-4-6-23(24)27/h4-16,18H,17H2,1-3H3,(H,29,32)(H,30,33)/b28-16-/t18-/m0/s1. The van der Waals surface area contributed by atoms with Crippen LogP contribution in [0.5, 0.6) is 11.5 Å². The third-order valence-corrected chi connectivity index (χ3v) is 6.77. The highest BCUT2D eigenvalue weighted by atomic mass is 35.5. The smallest absolute Gasteiger partial charge is 0.263 e. The third-order valence-electron chi connectivity index (χ3n) is 5.20. The minimum absolute atomic E-state index is 0.211. The van der Waals surface area contributed by atoms with Gasteiger partial charge in [0.15, 0.2) is 6.61 Å². The Hall–Kier alpha value is -4.09. The predicted octanol–water partition coefficient (Wildman–Crippen LogP) is 3.67. The van der Waals surface area contributed by atoms with Gasteiger partial charge < -0.3 is 14.8 Å². The maximum atomic E-state index is 12.7. The van der Waals surface area contributed by atoms with Gasteiger partial charge in [-0.1, -0.05) is 23.7 Å². The van der Waals surface area contributed by atoms with Gasteiger partial charge in [-0.15, -0.1) is 0 Å². The molecule has 3 aromatic rings. The molecular weight excluding hydrogens is 532 g/mol. The second kappa shape index (κ2) is 12.9. The number of sulfonamides is 1. The van der Waals surface area contributed by atoms with Gasteiger partial charge >= 0.3 is 0 Å². The Morgan fingerprint density at radius 3 is 2.26 bits per heavy atom. The Labute approximate surface area is 226 Å². The molecule has 12 heteroatoms. The summed E-state index contributed by atoms with van der Waals surface area (Å²) in [6.07, 6.45) is 2.42. The van der Waals surface area contributed by atoms with Crippen molar-refractivity contribution in [3.8, 4) is 11.5 Å². The fourth-order valence-corrected chi connectivity index (χ4v) is 4.71. The molecule has 0 saturated carbocycles. The summed E-state index contributed by atoms with van der Waals surface area (Å²) >= 11 is 6.03. The molecule has 0 aliphatic rings. The van der Waals surface area contributed by atoms with Crippen LogP contribution in [0, 0.1) is 0 Å². The van der Waals surface area contributed by atoms with E-state index in [4.69, 9.17) is 21.1 Å². The number of anilines is 2. The number of hydrogen-bond acceptors (Lipinski definition) is 7. The number of ether oxygens (including phenoxy) is 2. The zero-order valence-corrected chi connectivity index (χ0v) is 22.5. The van der Waals surface area contributed by atoms with E-state index in [2.05, 4.69) is 15.8 Å². The van der Waals surface area contributed by atoms with Crippen LogP contribution in [0.4, 0.5) is 11.4 Å². The number of hydrogen-bond donors (Lipinski definition) is 2. The Balaban J connectivity index is 1.54. The Kier molecular flexibility index (Phi) is 9.69. The highest BCUT2D eigenvalue weighted by Crippen LogP contribution is 2.24. The first-order chi connectivity index (χ1) is 18.1. The Bertz CT molecular complexity index is 1400. The fourth-order valence-electron chi connectivity index (χ4n) is 3.35. The second-order valence-electron chi connectivity index (χ2n) is 8.05. The Morgan fingerprint density at radius 2 is 1.66 bits per heavy atom. The van der Waals surface area contributed by atoms with Gasteiger partial charge in [0.2, 0.25) is 10.0 Å². The van der Waals surface area contributed by atoms with Crippen molar-refractivity contribution >= 4 is 51.0 Å². The van der Waals surface area contributed by atoms with Crippen molar-refractivity contribution in [1.29, 1.82) is 0 Å². The number of nitrogens with zero attached hydrogens (tertiary/aromatic N) is 2. The average molecular weight is 559 g/mol. The van der Waals surface area contributed by atoms with Gasteiger partial charge in [0.05, 0.1) is 36.0 Å². The number of amides is 2. The molecule has 0 fully saturated rings. The molecule has 0 saturated heterocycles. The molecule has 0 radical (unpaired) electrons. The second-order valence-corrected chi connectivity index (χ2v) is 10.3. The average Bonchev–Trinajstić information content (AvgIpc) is 2.89. The van der Waals surface area contributed by atoms with Crippen molar-refractivity contribution in [2.75, 3.05) is 29.6 Å². The minimum atomic E-state index is -3.76. The lowest BCUT2D eigenvalue weighted by Gasteiger charge is -2.27. The molecule has 0 heterocycles. The number of halogens is 1. The van der Waals surface area contributed by atoms with Crippen LogP contribution in [-0.2, 0) is 19.6 Å². The van der Waals surface area contributed by atoms with E-state index in [-0.39, 0.29) is 12.5 Å². The summed E-state index contributed by atoms with van der Waals surface area (Å²) < 4.78 is 36.4. The zero-order chi connectivity index (χ0) is 27.7. The molecule has 38 heavy (non-hydrogen) atoms. The van der Waals surface area contributed by atoms with Gasteiger partial charge in [0.1, 0.15) is 17.5 Å². The maximum absolute atomic E-state index is 12.7. The molecule has 0 aliphatic heterocycles. The minimum Gasteiger partial charge on any atom is -0.497 e. The zero-order valence-electron chi connectivity index (χ0n) is 20.9. The number of para-hydroxylation sites is 1. The van der Waals surface area contributed by atoms with Crippen molar-refractivity contribution in [1.82, 2.24) is 5.43 Å². The van der Waals surface area contributed by atoms with Gasteiger partial charge in [-0.05, 0) is 73.2 Å². The van der Waals surface area contributed by atoms with E-state index in [0.29, 0.717) is 33.5 Å². The normalized spacial score (nSPS) is 12.0. The van der Waals surface area contributed by atoms with Crippen molar-refractivity contribution < 1.29 is 27.5 Å². The lowest BCUT2D eigenvalue weighted by Crippen LogP contribution is -2.46. The molecule has 3 rings (SSSR count). The molecule has 2 amide bonds. The summed E-state index contributed by atoms with van der Waals surface area (Å²) in [5.74, 6) is 0.0309. The fraction of sp³-hybridized carbons (Fsp3) is 0.192. The molecule has 0 spiro atoms. The summed E-state index contributed by atoms with van der Waals surface area (Å²) in [6, 6.07) is 18.8. The first kappa shape index (κ1) is 28.5. The number of hydrazone groups is 1. The van der Waals surface area contributed by atoms with Gasteiger partial charge in [-0.25, -0.2) is 13.8 Å². The van der Waals surface area contributed by atoms with Gasteiger partial charge in [-0.2, -0.15) is 5.10 Å². The summed E-state index contributed by atoms with van der Waals surface area (Å²) in [7, 11) is -2.26. The monoisotopic (exact) mass is 558 g/mol. The molecule has 0 unspecified atom stereocenters. The van der Waals surface area contributed by atoms with Gasteiger partial charge in [0, 0.05) is 0 Å². The number of nitrogens with one attached hydrogen (secondary N) is 2. The van der Waals surface area contributed by atoms with Crippen molar-refractivity contribution in [3.05, 3.63) is 83.4 Å². The van der Waals surface area contributed by atoms with E-state index in [1.807, 2.05) is 0 Å². The molecule has 0 aromatic heterocycles. The van der Waals surface area contributed by atoms with Crippen LogP contribution in [0.15, 0.2) is 77.9 Å². The molecule has 0 bridgehead atoms. The number of rotatable bonds is 11. The van der Waals surface area contributed by atoms with E-state index in [1.54, 1.807) is 72.8 Å². The van der Waals surface area contributed by atoms with E-state index in [0.717, 1.165) is 10.6 Å². The largest absolute Gasteiger partial charge is 0.497 e. The number of carbonyl (C=O) groups is 2. The van der Waals surface area contributed by atoms with Crippen molar-refractivity contribution in [3.63, 3.8) is 0 Å². The Morgan fingerprint density at radius 1 is 1.03 bits per heavy atom. The first-order valence-corrected chi connectivity index (χ1v) is 13.5. The van der Waals surface area contributed by atoms with Crippen molar-refractivity contribution in [2.45, 2.75) is 13.0 Å². The summed E-state index contributed by atoms with van der Waals surface area (Å²) in [6.45, 7) is 1.25. The lowest BCUT2D eigenvalue weighted by molar-refractivity contribution is -0.121. The number of methoxy groups -OCH3 is 1. The van der Waals surface area contributed by atoms with E-state index in [1.165, 1.54) is 20.2 Å². The third kappa shape index (κ3) is 7.95. The topological polar surface area (TPSA) is 126 Å². The van der Waals surface area contributed by atoms with Crippen LogP contribution < -0.4 is 24.5 Å². The molecule has 10 nitrogen and oxygen atoms in total. The van der Waals surface area contributed by atoms with Crippen LogP contribution in [-0.4, -0.2) is 52.5 Å². The molecule has 2 N–H and O–H groups in total. The molecular formula is C26H27ClN4O6S. The van der Waals surface area contributed by atoms with Gasteiger partial charge in [-0.3, -0.25) is 13.9 Å². The van der Waals surface area contributed by atoms with Crippen LogP contribution >= 0.6 is 11.6 Å². The SMILES string of the molecule is COc1ccc(N([C@@H](C)C(=O)N/N=C\c2ccc(OCC(=O)Nc3ccccc3Cl)cc2)S(C)(=O)=O)cc1. The summed E-state index contributed by atoms with van der Waals surface area (Å²) in [5, 5.41) is 7.02. The molecule has 1 atom stereocenters. The highest BCUT2D eigenvalue weighted by Gasteiger charge is 2.29. The highest BCUT2D eigenvalue weighted by molar-refractivity contribution is 7.92. The first-order valence-electron chi connectivity index (χ1n) is 11.3. The lowest BCUT2D eigenvalue weighted by atomic mass is 10.2. The predicted molar refractivity (Wildman–Crippen MR) is 148 cm³/mol. The summed E-state index contributed by atoms with van der Waals surface area (Å²) in [4.78, 5) is 24.7. The number of carbonyl (C=O) groups excluding carboxylic acids is 2. The van der Waals surface area contributed by atoms with Crippen LogP contribution in [0.1, 0.15) is 12.5 Å². The van der Waals surface area contributed by atoms with Crippen LogP contribution in [0.25, 0.3) is 0 Å².